The van der Waals surface area contributed by atoms with Crippen molar-refractivity contribution in [1.82, 2.24) is 4.90 Å². The SMILES string of the molecule is N#Cc1ccccc1N1CCCN(CCO)CC1. The van der Waals surface area contributed by atoms with Crippen molar-refractivity contribution >= 4 is 5.69 Å². The van der Waals surface area contributed by atoms with Crippen LogP contribution < -0.4 is 4.90 Å². The number of benzene rings is 1. The summed E-state index contributed by atoms with van der Waals surface area (Å²) in [5.74, 6) is 0. The molecule has 4 nitrogen and oxygen atoms in total. The van der Waals surface area contributed by atoms with Crippen LogP contribution in [0.5, 0.6) is 0 Å². The van der Waals surface area contributed by atoms with Crippen LogP contribution in [0.4, 0.5) is 5.69 Å². The first-order chi connectivity index (χ1) is 8.85. The second-order valence-electron chi connectivity index (χ2n) is 4.53. The van der Waals surface area contributed by atoms with Crippen molar-refractivity contribution in [3.63, 3.8) is 0 Å². The van der Waals surface area contributed by atoms with Gasteiger partial charge in [-0.25, -0.2) is 0 Å². The highest BCUT2D eigenvalue weighted by Gasteiger charge is 2.16. The molecular formula is C14H19N3O. The molecule has 0 spiro atoms. The van der Waals surface area contributed by atoms with Crippen molar-refractivity contribution in [3.05, 3.63) is 29.8 Å². The Kier molecular flexibility index (Phi) is 4.57. The summed E-state index contributed by atoms with van der Waals surface area (Å²) in [5, 5.41) is 18.1. The van der Waals surface area contributed by atoms with Crippen LogP contribution in [0.15, 0.2) is 24.3 Å². The largest absolute Gasteiger partial charge is 0.395 e. The number of aliphatic hydroxyl groups excluding tert-OH is 1. The Morgan fingerprint density at radius 2 is 2.00 bits per heavy atom. The van der Waals surface area contributed by atoms with Crippen LogP contribution in [0.3, 0.4) is 0 Å². The van der Waals surface area contributed by atoms with E-state index in [1.54, 1.807) is 0 Å². The molecule has 1 heterocycles. The molecule has 1 aromatic carbocycles. The van der Waals surface area contributed by atoms with E-state index in [4.69, 9.17) is 10.4 Å². The monoisotopic (exact) mass is 245 g/mol. The minimum absolute atomic E-state index is 0.217. The van der Waals surface area contributed by atoms with Crippen LogP contribution >= 0.6 is 0 Å². The molecule has 18 heavy (non-hydrogen) atoms. The molecule has 1 fully saturated rings. The predicted molar refractivity (Wildman–Crippen MR) is 71.5 cm³/mol. The zero-order chi connectivity index (χ0) is 12.8. The van der Waals surface area contributed by atoms with Crippen molar-refractivity contribution < 1.29 is 5.11 Å². The van der Waals surface area contributed by atoms with Crippen molar-refractivity contribution in [3.8, 4) is 6.07 Å². The van der Waals surface area contributed by atoms with E-state index < -0.39 is 0 Å². The summed E-state index contributed by atoms with van der Waals surface area (Å²) in [4.78, 5) is 4.55. The highest BCUT2D eigenvalue weighted by atomic mass is 16.3. The molecule has 1 saturated heterocycles. The Morgan fingerprint density at radius 1 is 1.17 bits per heavy atom. The fourth-order valence-corrected chi connectivity index (χ4v) is 2.42. The molecule has 0 atom stereocenters. The topological polar surface area (TPSA) is 50.5 Å². The van der Waals surface area contributed by atoms with Gasteiger partial charge in [0, 0.05) is 26.2 Å². The molecule has 0 unspecified atom stereocenters. The minimum Gasteiger partial charge on any atom is -0.395 e. The molecule has 1 N–H and O–H groups in total. The predicted octanol–water partition coefficient (Wildman–Crippen LogP) is 1.06. The summed E-state index contributed by atoms with van der Waals surface area (Å²) in [5.41, 5.74) is 1.78. The summed E-state index contributed by atoms with van der Waals surface area (Å²) in [6.07, 6.45) is 1.07. The van der Waals surface area contributed by atoms with E-state index in [0.717, 1.165) is 50.4 Å². The Labute approximate surface area is 108 Å². The first-order valence-corrected chi connectivity index (χ1v) is 6.42. The summed E-state index contributed by atoms with van der Waals surface area (Å²) in [7, 11) is 0. The number of aliphatic hydroxyl groups is 1. The van der Waals surface area contributed by atoms with Gasteiger partial charge in [0.1, 0.15) is 6.07 Å². The molecule has 1 aliphatic rings. The lowest BCUT2D eigenvalue weighted by molar-refractivity contribution is 0.204. The summed E-state index contributed by atoms with van der Waals surface area (Å²) in [6, 6.07) is 10.0. The molecule has 2 rings (SSSR count). The number of para-hydroxylation sites is 1. The second kappa shape index (κ2) is 6.39. The van der Waals surface area contributed by atoms with Crippen LogP contribution in [0, 0.1) is 11.3 Å². The van der Waals surface area contributed by atoms with Gasteiger partial charge in [-0.05, 0) is 25.1 Å². The molecular weight excluding hydrogens is 226 g/mol. The molecule has 0 amide bonds. The Balaban J connectivity index is 2.08. The maximum Gasteiger partial charge on any atom is 0.101 e. The third-order valence-electron chi connectivity index (χ3n) is 3.37. The Morgan fingerprint density at radius 3 is 2.78 bits per heavy atom. The molecule has 1 aliphatic heterocycles. The molecule has 0 aliphatic carbocycles. The average molecular weight is 245 g/mol. The van der Waals surface area contributed by atoms with Crippen LogP contribution in [0.25, 0.3) is 0 Å². The smallest absolute Gasteiger partial charge is 0.101 e. The lowest BCUT2D eigenvalue weighted by Gasteiger charge is -2.24. The molecule has 4 heteroatoms. The Bertz CT molecular complexity index is 427. The fourth-order valence-electron chi connectivity index (χ4n) is 2.42. The summed E-state index contributed by atoms with van der Waals surface area (Å²) in [6.45, 7) is 4.81. The molecule has 1 aromatic rings. The van der Waals surface area contributed by atoms with Gasteiger partial charge in [0.2, 0.25) is 0 Å². The normalized spacial score (nSPS) is 17.2. The van der Waals surface area contributed by atoms with Gasteiger partial charge in [-0.1, -0.05) is 12.1 Å². The zero-order valence-corrected chi connectivity index (χ0v) is 10.5. The molecule has 0 saturated carbocycles. The lowest BCUT2D eigenvalue weighted by atomic mass is 10.1. The van der Waals surface area contributed by atoms with Gasteiger partial charge in [-0.2, -0.15) is 5.26 Å². The van der Waals surface area contributed by atoms with Crippen LogP contribution in [-0.2, 0) is 0 Å². The van der Waals surface area contributed by atoms with Crippen molar-refractivity contribution in [1.29, 1.82) is 5.26 Å². The van der Waals surface area contributed by atoms with E-state index in [2.05, 4.69) is 15.9 Å². The number of rotatable bonds is 3. The maximum absolute atomic E-state index is 9.14. The van der Waals surface area contributed by atoms with Crippen molar-refractivity contribution in [2.75, 3.05) is 44.2 Å². The van der Waals surface area contributed by atoms with Crippen LogP contribution in [0.2, 0.25) is 0 Å². The third kappa shape index (κ3) is 3.00. The van der Waals surface area contributed by atoms with Crippen LogP contribution in [-0.4, -0.2) is 49.3 Å². The lowest BCUT2D eigenvalue weighted by Crippen LogP contribution is -2.32. The van der Waals surface area contributed by atoms with E-state index in [-0.39, 0.29) is 6.61 Å². The fraction of sp³-hybridized carbons (Fsp3) is 0.500. The summed E-state index contributed by atoms with van der Waals surface area (Å²) < 4.78 is 0. The molecule has 0 bridgehead atoms. The van der Waals surface area contributed by atoms with Crippen molar-refractivity contribution in [2.24, 2.45) is 0 Å². The number of nitriles is 1. The number of nitrogens with zero attached hydrogens (tertiary/aromatic N) is 3. The highest BCUT2D eigenvalue weighted by molar-refractivity contribution is 5.59. The first-order valence-electron chi connectivity index (χ1n) is 6.42. The van der Waals surface area contributed by atoms with Crippen molar-refractivity contribution in [2.45, 2.75) is 6.42 Å². The van der Waals surface area contributed by atoms with Crippen LogP contribution in [0.1, 0.15) is 12.0 Å². The van der Waals surface area contributed by atoms with E-state index in [0.29, 0.717) is 0 Å². The zero-order valence-electron chi connectivity index (χ0n) is 10.5. The standard InChI is InChI=1S/C14H19N3O/c15-12-13-4-1-2-5-14(13)17-7-3-6-16(8-9-17)10-11-18/h1-2,4-5,18H,3,6-11H2. The van der Waals surface area contributed by atoms with Gasteiger partial charge in [0.15, 0.2) is 0 Å². The number of hydrogen-bond acceptors (Lipinski definition) is 4. The van der Waals surface area contributed by atoms with Gasteiger partial charge in [0.05, 0.1) is 17.9 Å². The van der Waals surface area contributed by atoms with Gasteiger partial charge in [0.25, 0.3) is 0 Å². The second-order valence-corrected chi connectivity index (χ2v) is 4.53. The molecule has 96 valence electrons. The number of anilines is 1. The first kappa shape index (κ1) is 12.9. The highest BCUT2D eigenvalue weighted by Crippen LogP contribution is 2.20. The van der Waals surface area contributed by atoms with E-state index >= 15 is 0 Å². The molecule has 0 aromatic heterocycles. The quantitative estimate of drug-likeness (QED) is 0.865. The Hall–Kier alpha value is -1.57. The molecule has 0 radical (unpaired) electrons. The van der Waals surface area contributed by atoms with E-state index in [1.165, 1.54) is 0 Å². The average Bonchev–Trinajstić information content (AvgIpc) is 2.65. The number of β-amino-alcohol motifs (C(OH)–C–C–N with tert-alkyl or cyclic N) is 1. The van der Waals surface area contributed by atoms with Gasteiger partial charge >= 0.3 is 0 Å². The third-order valence-corrected chi connectivity index (χ3v) is 3.37. The minimum atomic E-state index is 0.217. The summed E-state index contributed by atoms with van der Waals surface area (Å²) >= 11 is 0. The van der Waals surface area contributed by atoms with E-state index in [1.807, 2.05) is 24.3 Å². The van der Waals surface area contributed by atoms with Gasteiger partial charge in [-0.15, -0.1) is 0 Å². The number of hydrogen-bond donors (Lipinski definition) is 1. The maximum atomic E-state index is 9.14. The van der Waals surface area contributed by atoms with Gasteiger partial charge in [-0.3, -0.25) is 4.90 Å². The van der Waals surface area contributed by atoms with E-state index in [9.17, 15) is 0 Å². The van der Waals surface area contributed by atoms with Gasteiger partial charge < -0.3 is 10.0 Å².